The van der Waals surface area contributed by atoms with E-state index in [4.69, 9.17) is 0 Å². The number of carbonyl (C=O) groups is 3. The molecule has 2 aliphatic rings. The van der Waals surface area contributed by atoms with Crippen molar-refractivity contribution in [3.63, 3.8) is 0 Å². The van der Waals surface area contributed by atoms with Crippen LogP contribution in [0.3, 0.4) is 0 Å². The minimum atomic E-state index is 0.0104. The van der Waals surface area contributed by atoms with Gasteiger partial charge < -0.3 is 14.7 Å². The number of carbonyl (C=O) groups excluding carboxylic acids is 3. The Bertz CT molecular complexity index is 722. The maximum absolute atomic E-state index is 12.8. The van der Waals surface area contributed by atoms with Crippen molar-refractivity contribution in [2.75, 3.05) is 57.3 Å². The van der Waals surface area contributed by atoms with E-state index in [9.17, 15) is 14.4 Å². The van der Waals surface area contributed by atoms with Crippen molar-refractivity contribution < 1.29 is 14.4 Å². The first-order valence-corrected chi connectivity index (χ1v) is 10.7. The highest BCUT2D eigenvalue weighted by Gasteiger charge is 2.25. The Hall–Kier alpha value is -2.41. The molecule has 0 saturated carbocycles. The summed E-state index contributed by atoms with van der Waals surface area (Å²) in [6.07, 6.45) is 2.58. The molecule has 29 heavy (non-hydrogen) atoms. The summed E-state index contributed by atoms with van der Waals surface area (Å²) in [6.45, 7) is 9.27. The Morgan fingerprint density at radius 1 is 0.931 bits per heavy atom. The number of nitrogens with zero attached hydrogens (tertiary/aromatic N) is 4. The molecular formula is C22H32N4O3. The lowest BCUT2D eigenvalue weighted by molar-refractivity contribution is -0.132. The van der Waals surface area contributed by atoms with Gasteiger partial charge in [-0.15, -0.1) is 0 Å². The maximum Gasteiger partial charge on any atom is 0.253 e. The summed E-state index contributed by atoms with van der Waals surface area (Å²) in [7, 11) is 0. The van der Waals surface area contributed by atoms with Gasteiger partial charge in [-0.2, -0.15) is 0 Å². The highest BCUT2D eigenvalue weighted by atomic mass is 16.2. The summed E-state index contributed by atoms with van der Waals surface area (Å²) in [5.41, 5.74) is 1.51. The Balaban J connectivity index is 1.53. The van der Waals surface area contributed by atoms with E-state index in [1.54, 1.807) is 0 Å². The van der Waals surface area contributed by atoms with Crippen LogP contribution in [0.1, 0.15) is 43.5 Å². The number of hydrogen-bond acceptors (Lipinski definition) is 4. The SMILES string of the molecule is CCN(CC)C(=O)CN1CCN(C(=O)c2ccc(N3CCCCC3=O)cc2)CC1. The van der Waals surface area contributed by atoms with Gasteiger partial charge in [0.05, 0.1) is 6.54 Å². The van der Waals surface area contributed by atoms with Crippen molar-refractivity contribution in [3.8, 4) is 0 Å². The molecule has 2 aliphatic heterocycles. The Kier molecular flexibility index (Phi) is 7.25. The molecule has 0 spiro atoms. The maximum atomic E-state index is 12.8. The highest BCUT2D eigenvalue weighted by Crippen LogP contribution is 2.22. The van der Waals surface area contributed by atoms with E-state index in [0.29, 0.717) is 44.7 Å². The lowest BCUT2D eigenvalue weighted by Gasteiger charge is -2.35. The average Bonchev–Trinajstić information content (AvgIpc) is 2.75. The predicted molar refractivity (Wildman–Crippen MR) is 113 cm³/mol. The van der Waals surface area contributed by atoms with Gasteiger partial charge in [0.2, 0.25) is 11.8 Å². The predicted octanol–water partition coefficient (Wildman–Crippen LogP) is 1.83. The van der Waals surface area contributed by atoms with Crippen molar-refractivity contribution in [3.05, 3.63) is 29.8 Å². The van der Waals surface area contributed by atoms with Crippen LogP contribution in [0.4, 0.5) is 5.69 Å². The van der Waals surface area contributed by atoms with Crippen LogP contribution in [0.25, 0.3) is 0 Å². The van der Waals surface area contributed by atoms with Crippen molar-refractivity contribution >= 4 is 23.4 Å². The Morgan fingerprint density at radius 3 is 2.17 bits per heavy atom. The van der Waals surface area contributed by atoms with Crippen LogP contribution in [0, 0.1) is 0 Å². The van der Waals surface area contributed by atoms with E-state index < -0.39 is 0 Å². The molecule has 158 valence electrons. The number of piperidine rings is 1. The highest BCUT2D eigenvalue weighted by molar-refractivity contribution is 5.97. The van der Waals surface area contributed by atoms with E-state index in [0.717, 1.165) is 38.2 Å². The molecule has 7 heteroatoms. The van der Waals surface area contributed by atoms with Gasteiger partial charge >= 0.3 is 0 Å². The molecule has 0 aromatic heterocycles. The zero-order chi connectivity index (χ0) is 20.8. The molecule has 1 aromatic carbocycles. The van der Waals surface area contributed by atoms with E-state index >= 15 is 0 Å². The first-order chi connectivity index (χ1) is 14.0. The number of likely N-dealkylation sites (N-methyl/N-ethyl adjacent to an activating group) is 1. The Morgan fingerprint density at radius 2 is 1.59 bits per heavy atom. The second-order valence-corrected chi connectivity index (χ2v) is 7.68. The number of hydrogen-bond donors (Lipinski definition) is 0. The summed E-state index contributed by atoms with van der Waals surface area (Å²) in [5, 5.41) is 0. The van der Waals surface area contributed by atoms with Crippen LogP contribution in [0.5, 0.6) is 0 Å². The lowest BCUT2D eigenvalue weighted by atomic mass is 10.1. The summed E-state index contributed by atoms with van der Waals surface area (Å²) in [5.74, 6) is 0.319. The molecular weight excluding hydrogens is 368 g/mol. The molecule has 3 rings (SSSR count). The molecule has 2 saturated heterocycles. The third kappa shape index (κ3) is 5.15. The monoisotopic (exact) mass is 400 g/mol. The molecule has 7 nitrogen and oxygen atoms in total. The number of benzene rings is 1. The molecule has 1 aromatic rings. The van der Waals surface area contributed by atoms with E-state index in [1.165, 1.54) is 0 Å². The van der Waals surface area contributed by atoms with Gasteiger partial charge in [-0.25, -0.2) is 0 Å². The smallest absolute Gasteiger partial charge is 0.253 e. The van der Waals surface area contributed by atoms with Crippen LogP contribution >= 0.6 is 0 Å². The van der Waals surface area contributed by atoms with E-state index in [1.807, 2.05) is 52.8 Å². The fourth-order valence-electron chi connectivity index (χ4n) is 4.02. The number of anilines is 1. The molecule has 3 amide bonds. The van der Waals surface area contributed by atoms with Crippen LogP contribution in [0.2, 0.25) is 0 Å². The molecule has 2 heterocycles. The molecule has 0 aliphatic carbocycles. The first-order valence-electron chi connectivity index (χ1n) is 10.7. The van der Waals surface area contributed by atoms with Crippen molar-refractivity contribution in [1.29, 1.82) is 0 Å². The van der Waals surface area contributed by atoms with Crippen LogP contribution in [-0.4, -0.2) is 84.8 Å². The summed E-state index contributed by atoms with van der Waals surface area (Å²) in [4.78, 5) is 44.8. The molecule has 0 N–H and O–H groups in total. The van der Waals surface area contributed by atoms with Gasteiger partial charge in [0.1, 0.15) is 0 Å². The molecule has 0 atom stereocenters. The topological polar surface area (TPSA) is 64.2 Å². The van der Waals surface area contributed by atoms with Gasteiger partial charge in [0, 0.05) is 63.5 Å². The fourth-order valence-corrected chi connectivity index (χ4v) is 4.02. The molecule has 0 unspecified atom stereocenters. The number of piperazine rings is 1. The van der Waals surface area contributed by atoms with Crippen LogP contribution in [0.15, 0.2) is 24.3 Å². The molecule has 0 radical (unpaired) electrons. The summed E-state index contributed by atoms with van der Waals surface area (Å²) < 4.78 is 0. The third-order valence-corrected chi connectivity index (χ3v) is 5.88. The zero-order valence-corrected chi connectivity index (χ0v) is 17.6. The average molecular weight is 401 g/mol. The van der Waals surface area contributed by atoms with Crippen molar-refractivity contribution in [2.45, 2.75) is 33.1 Å². The van der Waals surface area contributed by atoms with Crippen molar-refractivity contribution in [2.24, 2.45) is 0 Å². The largest absolute Gasteiger partial charge is 0.342 e. The molecule has 0 bridgehead atoms. The fraction of sp³-hybridized carbons (Fsp3) is 0.591. The van der Waals surface area contributed by atoms with Crippen LogP contribution < -0.4 is 4.90 Å². The summed E-state index contributed by atoms with van der Waals surface area (Å²) in [6, 6.07) is 7.37. The molecule has 2 fully saturated rings. The van der Waals surface area contributed by atoms with Crippen LogP contribution in [-0.2, 0) is 9.59 Å². The minimum Gasteiger partial charge on any atom is -0.342 e. The second-order valence-electron chi connectivity index (χ2n) is 7.68. The normalized spacial score (nSPS) is 18.1. The summed E-state index contributed by atoms with van der Waals surface area (Å²) >= 11 is 0. The van der Waals surface area contributed by atoms with Gasteiger partial charge in [0.15, 0.2) is 0 Å². The number of rotatable bonds is 6. The van der Waals surface area contributed by atoms with Crippen molar-refractivity contribution in [1.82, 2.24) is 14.7 Å². The third-order valence-electron chi connectivity index (χ3n) is 5.88. The quantitative estimate of drug-likeness (QED) is 0.731. The minimum absolute atomic E-state index is 0.0104. The first kappa shape index (κ1) is 21.3. The van der Waals surface area contributed by atoms with Gasteiger partial charge in [-0.1, -0.05) is 0 Å². The Labute approximate surface area is 173 Å². The van der Waals surface area contributed by atoms with E-state index in [2.05, 4.69) is 4.90 Å². The van der Waals surface area contributed by atoms with Gasteiger partial charge in [-0.3, -0.25) is 19.3 Å². The zero-order valence-electron chi connectivity index (χ0n) is 17.6. The van der Waals surface area contributed by atoms with Gasteiger partial charge in [0.25, 0.3) is 5.91 Å². The van der Waals surface area contributed by atoms with E-state index in [-0.39, 0.29) is 17.7 Å². The number of amides is 3. The standard InChI is InChI=1S/C22H32N4O3/c1-3-24(4-2)21(28)17-23-13-15-25(16-14-23)22(29)18-8-10-19(11-9-18)26-12-6-5-7-20(26)27/h8-11H,3-7,12-17H2,1-2H3. The van der Waals surface area contributed by atoms with Gasteiger partial charge in [-0.05, 0) is 51.0 Å². The lowest BCUT2D eigenvalue weighted by Crippen LogP contribution is -2.51. The second kappa shape index (κ2) is 9.87.